The molecule has 1 heterocycles. The Labute approximate surface area is 117 Å². The summed E-state index contributed by atoms with van der Waals surface area (Å²) in [6, 6.07) is 8.06. The average molecular weight is 270 g/mol. The molecule has 0 saturated carbocycles. The highest BCUT2D eigenvalue weighted by Gasteiger charge is 2.08. The van der Waals surface area contributed by atoms with Crippen LogP contribution in [0.1, 0.15) is 41.3 Å². The van der Waals surface area contributed by atoms with Crippen LogP contribution in [0.5, 0.6) is 0 Å². The number of hydrogen-bond acceptors (Lipinski definition) is 2. The van der Waals surface area contributed by atoms with Crippen LogP contribution in [0, 0.1) is 17.1 Å². The van der Waals surface area contributed by atoms with Crippen molar-refractivity contribution in [2.75, 3.05) is 0 Å². The van der Waals surface area contributed by atoms with Crippen molar-refractivity contribution >= 4 is 5.78 Å². The van der Waals surface area contributed by atoms with Crippen molar-refractivity contribution in [3.8, 4) is 6.07 Å². The lowest BCUT2D eigenvalue weighted by molar-refractivity contribution is 0.0981. The summed E-state index contributed by atoms with van der Waals surface area (Å²) in [5.74, 6) is -0.300. The van der Waals surface area contributed by atoms with Crippen LogP contribution < -0.4 is 0 Å². The van der Waals surface area contributed by atoms with Gasteiger partial charge in [-0.25, -0.2) is 4.39 Å². The Hall–Kier alpha value is -2.41. The van der Waals surface area contributed by atoms with Crippen LogP contribution in [0.15, 0.2) is 36.7 Å². The van der Waals surface area contributed by atoms with Crippen molar-refractivity contribution in [2.45, 2.75) is 26.3 Å². The minimum absolute atomic E-state index is 0.103. The van der Waals surface area contributed by atoms with E-state index < -0.39 is 5.82 Å². The fourth-order valence-electron chi connectivity index (χ4n) is 2.02. The molecule has 2 rings (SSSR count). The molecule has 0 saturated heterocycles. The maximum atomic E-state index is 13.8. The van der Waals surface area contributed by atoms with E-state index in [1.807, 2.05) is 13.0 Å². The van der Waals surface area contributed by atoms with Gasteiger partial charge in [0.05, 0.1) is 11.6 Å². The monoisotopic (exact) mass is 270 g/mol. The van der Waals surface area contributed by atoms with Crippen LogP contribution in [0.4, 0.5) is 4.39 Å². The van der Waals surface area contributed by atoms with Gasteiger partial charge < -0.3 is 4.57 Å². The summed E-state index contributed by atoms with van der Waals surface area (Å²) in [6.45, 7) is 2.30. The minimum Gasteiger partial charge on any atom is -0.349 e. The minimum atomic E-state index is -0.404. The van der Waals surface area contributed by atoms with Crippen molar-refractivity contribution in [2.24, 2.45) is 0 Å². The standard InChI is InChI=1S/C16H15FN2O/c1-2-3-16(20)14-6-7-19(11-14)10-13-5-4-12(9-18)8-15(13)17/h4-8,11H,2-3,10H2,1H3. The second-order valence-corrected chi connectivity index (χ2v) is 4.66. The SMILES string of the molecule is CCCC(=O)c1ccn(Cc2ccc(C#N)cc2F)c1. The number of carbonyl (C=O) groups excluding carboxylic acids is 1. The summed E-state index contributed by atoms with van der Waals surface area (Å²) < 4.78 is 15.5. The molecular formula is C16H15FN2O. The molecule has 0 N–H and O–H groups in total. The van der Waals surface area contributed by atoms with E-state index in [9.17, 15) is 9.18 Å². The van der Waals surface area contributed by atoms with Gasteiger partial charge in [-0.05, 0) is 24.6 Å². The third-order valence-electron chi connectivity index (χ3n) is 3.08. The number of hydrogen-bond donors (Lipinski definition) is 0. The van der Waals surface area contributed by atoms with Crippen LogP contribution in [0.3, 0.4) is 0 Å². The van der Waals surface area contributed by atoms with Gasteiger partial charge in [0.15, 0.2) is 5.78 Å². The normalized spacial score (nSPS) is 10.2. The molecule has 4 heteroatoms. The van der Waals surface area contributed by atoms with E-state index in [4.69, 9.17) is 5.26 Å². The van der Waals surface area contributed by atoms with Gasteiger partial charge in [0.25, 0.3) is 0 Å². The van der Waals surface area contributed by atoms with E-state index in [1.165, 1.54) is 6.07 Å². The van der Waals surface area contributed by atoms with E-state index in [1.54, 1.807) is 35.2 Å². The molecule has 2 aromatic rings. The summed E-state index contributed by atoms with van der Waals surface area (Å²) in [5.41, 5.74) is 1.45. The Bertz CT molecular complexity index is 667. The third kappa shape index (κ3) is 3.12. The highest BCUT2D eigenvalue weighted by Crippen LogP contribution is 2.13. The number of aromatic nitrogens is 1. The van der Waals surface area contributed by atoms with E-state index >= 15 is 0 Å². The van der Waals surface area contributed by atoms with Crippen molar-refractivity contribution in [3.05, 3.63) is 59.2 Å². The van der Waals surface area contributed by atoms with E-state index in [-0.39, 0.29) is 5.78 Å². The predicted octanol–water partition coefficient (Wildman–Crippen LogP) is 3.53. The molecule has 0 aliphatic rings. The summed E-state index contributed by atoms with van der Waals surface area (Å²) >= 11 is 0. The summed E-state index contributed by atoms with van der Waals surface area (Å²) in [4.78, 5) is 11.7. The Morgan fingerprint density at radius 2 is 2.20 bits per heavy atom. The Kier molecular flexibility index (Phi) is 4.31. The zero-order chi connectivity index (χ0) is 14.5. The molecule has 0 unspecified atom stereocenters. The lowest BCUT2D eigenvalue weighted by Gasteiger charge is -2.05. The highest BCUT2D eigenvalue weighted by molar-refractivity contribution is 5.95. The van der Waals surface area contributed by atoms with E-state index in [0.29, 0.717) is 29.7 Å². The Morgan fingerprint density at radius 1 is 1.40 bits per heavy atom. The van der Waals surface area contributed by atoms with Crippen LogP contribution in [-0.4, -0.2) is 10.4 Å². The molecule has 1 aromatic carbocycles. The summed E-state index contributed by atoms with van der Waals surface area (Å²) in [6.07, 6.45) is 4.83. The first-order valence-corrected chi connectivity index (χ1v) is 6.51. The van der Waals surface area contributed by atoms with Gasteiger partial charge in [0, 0.05) is 36.5 Å². The zero-order valence-corrected chi connectivity index (χ0v) is 11.3. The van der Waals surface area contributed by atoms with Crippen LogP contribution in [0.25, 0.3) is 0 Å². The molecule has 0 fully saturated rings. The topological polar surface area (TPSA) is 45.8 Å². The molecule has 1 aromatic heterocycles. The Balaban J connectivity index is 2.15. The van der Waals surface area contributed by atoms with Gasteiger partial charge in [-0.3, -0.25) is 4.79 Å². The molecule has 3 nitrogen and oxygen atoms in total. The molecule has 0 spiro atoms. The quantitative estimate of drug-likeness (QED) is 0.780. The first-order chi connectivity index (χ1) is 9.63. The molecule has 0 aliphatic heterocycles. The molecule has 0 amide bonds. The van der Waals surface area contributed by atoms with Crippen LogP contribution in [0.2, 0.25) is 0 Å². The number of benzene rings is 1. The van der Waals surface area contributed by atoms with Gasteiger partial charge in [-0.2, -0.15) is 5.26 Å². The van der Waals surface area contributed by atoms with Crippen molar-refractivity contribution in [1.29, 1.82) is 5.26 Å². The number of carbonyl (C=O) groups is 1. The van der Waals surface area contributed by atoms with Crippen molar-refractivity contribution in [3.63, 3.8) is 0 Å². The lowest BCUT2D eigenvalue weighted by atomic mass is 10.1. The van der Waals surface area contributed by atoms with Crippen LogP contribution in [-0.2, 0) is 6.54 Å². The first kappa shape index (κ1) is 14.0. The summed E-state index contributed by atoms with van der Waals surface area (Å²) in [7, 11) is 0. The molecule has 0 bridgehead atoms. The predicted molar refractivity (Wildman–Crippen MR) is 73.9 cm³/mol. The second kappa shape index (κ2) is 6.16. The molecular weight excluding hydrogens is 255 g/mol. The fourth-order valence-corrected chi connectivity index (χ4v) is 2.02. The second-order valence-electron chi connectivity index (χ2n) is 4.66. The van der Waals surface area contributed by atoms with Crippen molar-refractivity contribution < 1.29 is 9.18 Å². The maximum absolute atomic E-state index is 13.8. The zero-order valence-electron chi connectivity index (χ0n) is 11.3. The van der Waals surface area contributed by atoms with Crippen molar-refractivity contribution in [1.82, 2.24) is 4.57 Å². The number of rotatable bonds is 5. The van der Waals surface area contributed by atoms with Gasteiger partial charge >= 0.3 is 0 Å². The number of ketones is 1. The number of Topliss-reactive ketones (excluding diaryl/α,β-unsaturated/α-hetero) is 1. The van der Waals surface area contributed by atoms with E-state index in [2.05, 4.69) is 0 Å². The Morgan fingerprint density at radius 3 is 2.85 bits per heavy atom. The average Bonchev–Trinajstić information content (AvgIpc) is 2.90. The van der Waals surface area contributed by atoms with E-state index in [0.717, 1.165) is 6.42 Å². The highest BCUT2D eigenvalue weighted by atomic mass is 19.1. The van der Waals surface area contributed by atoms with Gasteiger partial charge in [0.2, 0.25) is 0 Å². The molecule has 20 heavy (non-hydrogen) atoms. The number of halogens is 1. The fraction of sp³-hybridized carbons (Fsp3) is 0.250. The lowest BCUT2D eigenvalue weighted by Crippen LogP contribution is -2.01. The number of nitriles is 1. The smallest absolute Gasteiger partial charge is 0.164 e. The van der Waals surface area contributed by atoms with Gasteiger partial charge in [-0.1, -0.05) is 13.0 Å². The maximum Gasteiger partial charge on any atom is 0.164 e. The molecule has 102 valence electrons. The van der Waals surface area contributed by atoms with Gasteiger partial charge in [0.1, 0.15) is 5.82 Å². The summed E-state index contributed by atoms with van der Waals surface area (Å²) in [5, 5.41) is 8.70. The number of nitrogens with zero attached hydrogens (tertiary/aromatic N) is 2. The molecule has 0 radical (unpaired) electrons. The van der Waals surface area contributed by atoms with Crippen LogP contribution >= 0.6 is 0 Å². The third-order valence-corrected chi connectivity index (χ3v) is 3.08. The van der Waals surface area contributed by atoms with Gasteiger partial charge in [-0.15, -0.1) is 0 Å². The molecule has 0 atom stereocenters. The molecule has 0 aliphatic carbocycles. The largest absolute Gasteiger partial charge is 0.349 e. The first-order valence-electron chi connectivity index (χ1n) is 6.51.